The van der Waals surface area contributed by atoms with Gasteiger partial charge in [0.15, 0.2) is 0 Å². The van der Waals surface area contributed by atoms with Gasteiger partial charge >= 0.3 is 5.97 Å². The maximum absolute atomic E-state index is 11.6. The third-order valence-electron chi connectivity index (χ3n) is 3.66. The molecular formula is C18H15ClN2O2. The number of ether oxygens (including phenoxy) is 1. The molecule has 0 bridgehead atoms. The van der Waals surface area contributed by atoms with Crippen molar-refractivity contribution >= 4 is 34.0 Å². The Labute approximate surface area is 139 Å². The van der Waals surface area contributed by atoms with Crippen LogP contribution in [0, 0.1) is 0 Å². The van der Waals surface area contributed by atoms with Crippen LogP contribution >= 0.6 is 11.6 Å². The Balaban J connectivity index is 2.15. The van der Waals surface area contributed by atoms with Crippen molar-refractivity contribution in [3.05, 3.63) is 59.2 Å². The lowest BCUT2D eigenvalue weighted by atomic mass is 10.0. The Morgan fingerprint density at radius 1 is 1.17 bits per heavy atom. The van der Waals surface area contributed by atoms with Crippen molar-refractivity contribution in [2.75, 3.05) is 19.5 Å². The number of methoxy groups -OCH3 is 1. The van der Waals surface area contributed by atoms with Crippen LogP contribution in [0.3, 0.4) is 0 Å². The second-order valence-electron chi connectivity index (χ2n) is 5.01. The number of fused-ring (bicyclic) bond motifs is 1. The molecule has 0 aliphatic rings. The van der Waals surface area contributed by atoms with E-state index in [9.17, 15) is 4.79 Å². The maximum Gasteiger partial charge on any atom is 0.356 e. The van der Waals surface area contributed by atoms with E-state index in [0.29, 0.717) is 10.7 Å². The van der Waals surface area contributed by atoms with Gasteiger partial charge in [-0.25, -0.2) is 9.78 Å². The summed E-state index contributed by atoms with van der Waals surface area (Å²) in [4.78, 5) is 16.0. The number of benzene rings is 2. The Morgan fingerprint density at radius 3 is 2.70 bits per heavy atom. The number of nitrogens with zero attached hydrogens (tertiary/aromatic N) is 1. The van der Waals surface area contributed by atoms with Gasteiger partial charge in [-0.1, -0.05) is 35.9 Å². The highest BCUT2D eigenvalue weighted by Gasteiger charge is 2.10. The predicted octanol–water partition coefficient (Wildman–Crippen LogP) is 4.38. The van der Waals surface area contributed by atoms with Gasteiger partial charge in [0.2, 0.25) is 0 Å². The molecule has 4 nitrogen and oxygen atoms in total. The summed E-state index contributed by atoms with van der Waals surface area (Å²) in [7, 11) is 3.18. The van der Waals surface area contributed by atoms with E-state index in [1.807, 2.05) is 43.4 Å². The molecule has 0 aliphatic carbocycles. The molecule has 3 rings (SSSR count). The minimum absolute atomic E-state index is 0.282. The fraction of sp³-hybridized carbons (Fsp3) is 0.111. The molecule has 0 spiro atoms. The second-order valence-corrected chi connectivity index (χ2v) is 5.42. The van der Waals surface area contributed by atoms with Gasteiger partial charge in [-0.05, 0) is 29.7 Å². The summed E-state index contributed by atoms with van der Waals surface area (Å²) in [6, 6.07) is 15.1. The van der Waals surface area contributed by atoms with Crippen LogP contribution in [-0.4, -0.2) is 25.1 Å². The van der Waals surface area contributed by atoms with Crippen LogP contribution in [0.2, 0.25) is 5.02 Å². The van der Waals surface area contributed by atoms with Gasteiger partial charge in [-0.3, -0.25) is 0 Å². The first-order valence-corrected chi connectivity index (χ1v) is 7.47. The number of halogens is 1. The molecule has 1 heterocycles. The van der Waals surface area contributed by atoms with Crippen LogP contribution in [-0.2, 0) is 4.74 Å². The molecule has 116 valence electrons. The van der Waals surface area contributed by atoms with Gasteiger partial charge in [0.25, 0.3) is 0 Å². The summed E-state index contributed by atoms with van der Waals surface area (Å²) in [5.41, 5.74) is 2.76. The van der Waals surface area contributed by atoms with Crippen LogP contribution in [0.1, 0.15) is 10.5 Å². The topological polar surface area (TPSA) is 51.2 Å². The summed E-state index contributed by atoms with van der Waals surface area (Å²) in [6.07, 6.45) is 0. The van der Waals surface area contributed by atoms with Crippen LogP contribution in [0.25, 0.3) is 22.0 Å². The molecular weight excluding hydrogens is 312 g/mol. The van der Waals surface area contributed by atoms with Gasteiger partial charge in [-0.2, -0.15) is 0 Å². The predicted molar refractivity (Wildman–Crippen MR) is 93.1 cm³/mol. The number of aromatic nitrogens is 1. The first-order valence-electron chi connectivity index (χ1n) is 7.10. The third-order valence-corrected chi connectivity index (χ3v) is 3.98. The first-order chi connectivity index (χ1) is 11.1. The summed E-state index contributed by atoms with van der Waals surface area (Å²) < 4.78 is 4.72. The molecule has 0 saturated heterocycles. The van der Waals surface area contributed by atoms with Gasteiger partial charge in [0.05, 0.1) is 23.5 Å². The average Bonchev–Trinajstić information content (AvgIpc) is 2.60. The molecule has 2 aromatic carbocycles. The van der Waals surface area contributed by atoms with Gasteiger partial charge in [0.1, 0.15) is 5.69 Å². The molecule has 0 aliphatic heterocycles. The smallest absolute Gasteiger partial charge is 0.356 e. The van der Waals surface area contributed by atoms with Crippen molar-refractivity contribution in [2.24, 2.45) is 0 Å². The highest BCUT2D eigenvalue weighted by molar-refractivity contribution is 6.35. The number of carbonyl (C=O) groups is 1. The largest absolute Gasteiger partial charge is 0.464 e. The lowest BCUT2D eigenvalue weighted by Gasteiger charge is -2.10. The van der Waals surface area contributed by atoms with Crippen molar-refractivity contribution in [2.45, 2.75) is 0 Å². The van der Waals surface area contributed by atoms with E-state index in [4.69, 9.17) is 16.3 Å². The Morgan fingerprint density at radius 2 is 1.96 bits per heavy atom. The second kappa shape index (κ2) is 6.26. The Kier molecular flexibility index (Phi) is 4.17. The van der Waals surface area contributed by atoms with E-state index >= 15 is 0 Å². The number of rotatable bonds is 3. The quantitative estimate of drug-likeness (QED) is 0.725. The van der Waals surface area contributed by atoms with Crippen LogP contribution in [0.5, 0.6) is 0 Å². The molecule has 0 radical (unpaired) electrons. The average molecular weight is 327 g/mol. The molecule has 3 aromatic rings. The van der Waals surface area contributed by atoms with Crippen molar-refractivity contribution in [1.29, 1.82) is 0 Å². The molecule has 5 heteroatoms. The lowest BCUT2D eigenvalue weighted by molar-refractivity contribution is 0.0594. The molecule has 0 saturated carbocycles. The zero-order valence-electron chi connectivity index (χ0n) is 12.8. The van der Waals surface area contributed by atoms with Crippen molar-refractivity contribution < 1.29 is 9.53 Å². The van der Waals surface area contributed by atoms with Crippen LogP contribution < -0.4 is 5.32 Å². The zero-order valence-corrected chi connectivity index (χ0v) is 13.5. The Bertz CT molecular complexity index is 893. The van der Waals surface area contributed by atoms with E-state index in [2.05, 4.69) is 10.3 Å². The van der Waals surface area contributed by atoms with E-state index < -0.39 is 5.97 Å². The third kappa shape index (κ3) is 2.85. The monoisotopic (exact) mass is 326 g/mol. The number of hydrogen-bond donors (Lipinski definition) is 1. The molecule has 0 amide bonds. The van der Waals surface area contributed by atoms with Crippen LogP contribution in [0.15, 0.2) is 48.5 Å². The standard InChI is InChI=1S/C18H15ClN2O2/c1-20-17-13-10-12(7-6-11(13)8-9-14(17)19)15-4-3-5-16(21-15)18(22)23-2/h3-10,20H,1-2H3. The highest BCUT2D eigenvalue weighted by Crippen LogP contribution is 2.33. The molecule has 1 aromatic heterocycles. The van der Waals surface area contributed by atoms with Crippen molar-refractivity contribution in [3.8, 4) is 11.3 Å². The minimum Gasteiger partial charge on any atom is -0.464 e. The van der Waals surface area contributed by atoms with E-state index in [-0.39, 0.29) is 5.69 Å². The fourth-order valence-electron chi connectivity index (χ4n) is 2.52. The first kappa shape index (κ1) is 15.3. The van der Waals surface area contributed by atoms with Crippen molar-refractivity contribution in [1.82, 2.24) is 4.98 Å². The summed E-state index contributed by atoms with van der Waals surface area (Å²) in [6.45, 7) is 0. The number of nitrogens with one attached hydrogen (secondary N) is 1. The number of esters is 1. The number of carbonyl (C=O) groups excluding carboxylic acids is 1. The van der Waals surface area contributed by atoms with Gasteiger partial charge < -0.3 is 10.1 Å². The van der Waals surface area contributed by atoms with E-state index in [0.717, 1.165) is 22.0 Å². The van der Waals surface area contributed by atoms with Gasteiger partial charge in [0, 0.05) is 18.0 Å². The lowest BCUT2D eigenvalue weighted by Crippen LogP contribution is -2.04. The summed E-state index contributed by atoms with van der Waals surface area (Å²) in [5, 5.41) is 5.87. The van der Waals surface area contributed by atoms with Crippen molar-refractivity contribution in [3.63, 3.8) is 0 Å². The molecule has 0 atom stereocenters. The maximum atomic E-state index is 11.6. The Hall–Kier alpha value is -2.59. The van der Waals surface area contributed by atoms with Crippen LogP contribution in [0.4, 0.5) is 5.69 Å². The normalized spacial score (nSPS) is 10.6. The molecule has 1 N–H and O–H groups in total. The number of pyridine rings is 1. The fourth-order valence-corrected chi connectivity index (χ4v) is 2.78. The zero-order chi connectivity index (χ0) is 16.4. The number of anilines is 1. The van der Waals surface area contributed by atoms with Gasteiger partial charge in [-0.15, -0.1) is 0 Å². The number of hydrogen-bond acceptors (Lipinski definition) is 4. The molecule has 0 fully saturated rings. The summed E-state index contributed by atoms with van der Waals surface area (Å²) in [5.74, 6) is -0.452. The summed E-state index contributed by atoms with van der Waals surface area (Å²) >= 11 is 6.25. The highest BCUT2D eigenvalue weighted by atomic mass is 35.5. The molecule has 23 heavy (non-hydrogen) atoms. The molecule has 0 unspecified atom stereocenters. The minimum atomic E-state index is -0.452. The SMILES string of the molecule is CNc1c(Cl)ccc2ccc(-c3cccc(C(=O)OC)n3)cc12. The van der Waals surface area contributed by atoms with E-state index in [1.165, 1.54) is 7.11 Å². The van der Waals surface area contributed by atoms with E-state index in [1.54, 1.807) is 12.1 Å².